The zero-order valence-electron chi connectivity index (χ0n) is 20.7. The number of rotatable bonds is 6. The lowest BCUT2D eigenvalue weighted by Gasteiger charge is -2.36. The number of nitrogens with two attached hydrogens (primary N) is 1. The molecule has 2 aromatic rings. The average Bonchev–Trinajstić information content (AvgIpc) is 3.69. The quantitative estimate of drug-likeness (QED) is 0.311. The van der Waals surface area contributed by atoms with Gasteiger partial charge in [0.05, 0.1) is 10.6 Å². The smallest absolute Gasteiger partial charge is 0.264 e. The zero-order valence-corrected chi connectivity index (χ0v) is 21.6. The van der Waals surface area contributed by atoms with Crippen LogP contribution in [0.2, 0.25) is 0 Å². The highest BCUT2D eigenvalue weighted by molar-refractivity contribution is 7.92. The van der Waals surface area contributed by atoms with Gasteiger partial charge in [-0.3, -0.25) is 15.1 Å². The highest BCUT2D eigenvalue weighted by Crippen LogP contribution is 2.38. The fourth-order valence-electron chi connectivity index (χ4n) is 5.25. The van der Waals surface area contributed by atoms with Crippen LogP contribution >= 0.6 is 0 Å². The van der Waals surface area contributed by atoms with Crippen LogP contribution in [0.3, 0.4) is 0 Å². The Morgan fingerprint density at radius 2 is 1.75 bits per heavy atom. The van der Waals surface area contributed by atoms with Gasteiger partial charge in [-0.1, -0.05) is 10.7 Å². The van der Waals surface area contributed by atoms with E-state index >= 15 is 0 Å². The van der Waals surface area contributed by atoms with E-state index in [9.17, 15) is 8.42 Å². The molecule has 3 aliphatic rings. The minimum Gasteiger partial charge on any atom is -0.370 e. The van der Waals surface area contributed by atoms with Gasteiger partial charge in [0.15, 0.2) is 11.7 Å². The van der Waals surface area contributed by atoms with Crippen molar-refractivity contribution in [2.24, 2.45) is 5.73 Å². The number of anilines is 1. The maximum atomic E-state index is 13.8. The number of piperidine rings is 1. The number of sulfonamides is 1. The lowest BCUT2D eigenvalue weighted by molar-refractivity contribution is -1.01. The van der Waals surface area contributed by atoms with Crippen LogP contribution in [0, 0.1) is 10.8 Å². The van der Waals surface area contributed by atoms with Crippen LogP contribution in [0.25, 0.3) is 0 Å². The van der Waals surface area contributed by atoms with Crippen LogP contribution < -0.4 is 14.9 Å². The van der Waals surface area contributed by atoms with E-state index in [-0.39, 0.29) is 21.5 Å². The van der Waals surface area contributed by atoms with E-state index in [0.29, 0.717) is 30.4 Å². The fourth-order valence-corrected chi connectivity index (χ4v) is 6.95. The van der Waals surface area contributed by atoms with Crippen molar-refractivity contribution in [1.29, 1.82) is 10.8 Å². The monoisotopic (exact) mass is 511 g/mol. The largest absolute Gasteiger partial charge is 0.370 e. The van der Waals surface area contributed by atoms with Crippen molar-refractivity contribution in [3.05, 3.63) is 53.6 Å². The summed E-state index contributed by atoms with van der Waals surface area (Å²) in [5, 5.41) is 16.0. The Morgan fingerprint density at radius 3 is 2.36 bits per heavy atom. The van der Waals surface area contributed by atoms with E-state index in [2.05, 4.69) is 0 Å². The summed E-state index contributed by atoms with van der Waals surface area (Å²) in [5.74, 6) is 1.06. The number of likely N-dealkylation sites (tertiary alicyclic amines) is 1. The lowest BCUT2D eigenvalue weighted by atomic mass is 9.99. The molecule has 192 valence electrons. The van der Waals surface area contributed by atoms with Gasteiger partial charge in [-0.2, -0.15) is 0 Å². The summed E-state index contributed by atoms with van der Waals surface area (Å²) in [6, 6.07) is 12.4. The first-order valence-corrected chi connectivity index (χ1v) is 14.1. The molecule has 1 saturated heterocycles. The maximum Gasteiger partial charge on any atom is 0.264 e. The van der Waals surface area contributed by atoms with E-state index in [1.165, 1.54) is 5.56 Å². The third kappa shape index (κ3) is 4.67. The summed E-state index contributed by atoms with van der Waals surface area (Å²) in [7, 11) is -3.78. The second-order valence-electron chi connectivity index (χ2n) is 10.1. The molecule has 2 aromatic carbocycles. The number of fused-ring (bicyclic) bond motifs is 1. The van der Waals surface area contributed by atoms with Crippen molar-refractivity contribution < 1.29 is 17.9 Å². The number of quaternary nitrogens is 1. The summed E-state index contributed by atoms with van der Waals surface area (Å²) < 4.78 is 29.3. The molecule has 0 amide bonds. The van der Waals surface area contributed by atoms with Gasteiger partial charge in [0.1, 0.15) is 13.1 Å². The molecule has 0 spiro atoms. The minimum absolute atomic E-state index is 0.0341. The number of hydrogen-bond donors (Lipinski definition) is 3. The van der Waals surface area contributed by atoms with Gasteiger partial charge in [0.2, 0.25) is 5.84 Å². The predicted octanol–water partition coefficient (Wildman–Crippen LogP) is 3.59. The van der Waals surface area contributed by atoms with Gasteiger partial charge in [0, 0.05) is 38.9 Å². The standard InChI is InChI=1S/C26H35N6O3S/c1-19(27)32(15-3-2-4-16-32)35-24-9-11-25(12-10-24)36(33,34)31(22-7-8-22)23-6-5-20-13-14-30(26(28)29)18-21(20)17-23/h5-6,9-12,17,22,27H,2-4,7-8,13-16,18H2,1H3,(H3,28,29)/q+1. The summed E-state index contributed by atoms with van der Waals surface area (Å²) >= 11 is 0. The minimum atomic E-state index is -3.78. The molecule has 5 rings (SSSR count). The Kier molecular flexibility index (Phi) is 6.42. The molecule has 2 heterocycles. The van der Waals surface area contributed by atoms with Gasteiger partial charge in [-0.05, 0) is 73.2 Å². The molecule has 1 aliphatic carbocycles. The number of amidine groups is 1. The molecule has 4 N–H and O–H groups in total. The maximum absolute atomic E-state index is 13.8. The normalized spacial score (nSPS) is 19.3. The molecule has 2 aliphatic heterocycles. The molecule has 0 aromatic heterocycles. The van der Waals surface area contributed by atoms with Gasteiger partial charge >= 0.3 is 0 Å². The average molecular weight is 512 g/mol. The number of benzene rings is 2. The molecule has 2 fully saturated rings. The summed E-state index contributed by atoms with van der Waals surface area (Å²) in [6.45, 7) is 4.48. The van der Waals surface area contributed by atoms with Gasteiger partial charge < -0.3 is 15.5 Å². The first kappa shape index (κ1) is 24.6. The number of guanidine groups is 1. The van der Waals surface area contributed by atoms with Gasteiger partial charge in [-0.25, -0.2) is 8.42 Å². The number of nitrogens with one attached hydrogen (secondary N) is 2. The van der Waals surface area contributed by atoms with Crippen LogP contribution in [0.1, 0.15) is 50.2 Å². The van der Waals surface area contributed by atoms with Crippen LogP contribution in [0.5, 0.6) is 5.75 Å². The third-order valence-corrected chi connectivity index (χ3v) is 9.38. The second kappa shape index (κ2) is 9.40. The molecule has 36 heavy (non-hydrogen) atoms. The first-order chi connectivity index (χ1) is 17.2. The number of nitrogens with zero attached hydrogens (tertiary/aromatic N) is 3. The van der Waals surface area contributed by atoms with Crippen molar-refractivity contribution in [1.82, 2.24) is 4.90 Å². The van der Waals surface area contributed by atoms with Crippen LogP contribution in [0.4, 0.5) is 5.69 Å². The zero-order chi connectivity index (χ0) is 25.5. The first-order valence-electron chi connectivity index (χ1n) is 12.7. The number of hydroxylamine groups is 3. The fraction of sp³-hybridized carbons (Fsp3) is 0.462. The Balaban J connectivity index is 1.41. The highest BCUT2D eigenvalue weighted by Gasteiger charge is 2.40. The summed E-state index contributed by atoms with van der Waals surface area (Å²) in [6.07, 6.45) is 5.59. The Morgan fingerprint density at radius 1 is 1.06 bits per heavy atom. The van der Waals surface area contributed by atoms with Crippen molar-refractivity contribution in [3.8, 4) is 5.75 Å². The number of hydrogen-bond acceptors (Lipinski definition) is 5. The van der Waals surface area contributed by atoms with Crippen LogP contribution in [-0.4, -0.2) is 55.4 Å². The van der Waals surface area contributed by atoms with Crippen molar-refractivity contribution >= 4 is 27.5 Å². The molecule has 0 bridgehead atoms. The second-order valence-corrected chi connectivity index (χ2v) is 11.9. The molecule has 0 unspecified atom stereocenters. The Labute approximate surface area is 213 Å². The molecular formula is C26H35N6O3S+. The van der Waals surface area contributed by atoms with Gasteiger partial charge in [0.25, 0.3) is 10.0 Å². The van der Waals surface area contributed by atoms with Crippen LogP contribution in [-0.2, 0) is 23.0 Å². The van der Waals surface area contributed by atoms with Gasteiger partial charge in [-0.15, -0.1) is 0 Å². The molecule has 1 saturated carbocycles. The molecule has 9 nitrogen and oxygen atoms in total. The van der Waals surface area contributed by atoms with E-state index in [0.717, 1.165) is 57.2 Å². The van der Waals surface area contributed by atoms with E-state index in [1.54, 1.807) is 40.4 Å². The molecule has 0 atom stereocenters. The van der Waals surface area contributed by atoms with E-state index < -0.39 is 10.0 Å². The predicted molar refractivity (Wildman–Crippen MR) is 139 cm³/mol. The molecule has 0 radical (unpaired) electrons. The van der Waals surface area contributed by atoms with Crippen molar-refractivity contribution in [3.63, 3.8) is 0 Å². The van der Waals surface area contributed by atoms with Crippen molar-refractivity contribution in [2.75, 3.05) is 23.9 Å². The third-order valence-electron chi connectivity index (χ3n) is 7.49. The SMILES string of the molecule is CC(=N)[N+]1(Oc2ccc(S(=O)(=O)N(c3ccc4c(c3)CN(C(=N)N)CC4)C3CC3)cc2)CCCCC1. The van der Waals surface area contributed by atoms with Crippen molar-refractivity contribution in [2.45, 2.75) is 62.9 Å². The highest BCUT2D eigenvalue weighted by atomic mass is 32.2. The molecular weight excluding hydrogens is 476 g/mol. The Hall–Kier alpha value is -3.11. The summed E-state index contributed by atoms with van der Waals surface area (Å²) in [5.41, 5.74) is 8.53. The lowest BCUT2D eigenvalue weighted by Crippen LogP contribution is -2.56. The van der Waals surface area contributed by atoms with E-state index in [1.807, 2.05) is 18.2 Å². The Bertz CT molecular complexity index is 1270. The van der Waals surface area contributed by atoms with Crippen LogP contribution in [0.15, 0.2) is 47.4 Å². The summed E-state index contributed by atoms with van der Waals surface area (Å²) in [4.78, 5) is 8.26. The topological polar surface area (TPSA) is 124 Å². The molecule has 10 heteroatoms. The van der Waals surface area contributed by atoms with E-state index in [4.69, 9.17) is 21.4 Å².